The fourth-order valence-corrected chi connectivity index (χ4v) is 1.85. The number of rotatable bonds is 2. The van der Waals surface area contributed by atoms with Gasteiger partial charge in [0.05, 0.1) is 19.2 Å². The molecule has 2 N–H and O–H groups in total. The maximum Gasteiger partial charge on any atom is 0.156 e. The van der Waals surface area contributed by atoms with E-state index in [0.29, 0.717) is 31.3 Å². The zero-order valence-electron chi connectivity index (χ0n) is 9.76. The van der Waals surface area contributed by atoms with Crippen LogP contribution in [0.2, 0.25) is 0 Å². The minimum absolute atomic E-state index is 0.356. The Morgan fingerprint density at radius 3 is 3.18 bits per heavy atom. The number of nitriles is 1. The van der Waals surface area contributed by atoms with Crippen LogP contribution in [-0.4, -0.2) is 40.7 Å². The van der Waals surface area contributed by atoms with Gasteiger partial charge in [-0.2, -0.15) is 5.26 Å². The topological polar surface area (TPSA) is 88.1 Å². The number of nitrogens with zero attached hydrogens (tertiary/aromatic N) is 4. The zero-order chi connectivity index (χ0) is 12.3. The van der Waals surface area contributed by atoms with E-state index >= 15 is 0 Å². The number of nitrogen functional groups attached to an aromatic ring is 1. The van der Waals surface area contributed by atoms with Crippen molar-refractivity contribution in [2.24, 2.45) is 0 Å². The highest BCUT2D eigenvalue weighted by Crippen LogP contribution is 2.09. The van der Waals surface area contributed by atoms with Crippen molar-refractivity contribution in [3.8, 4) is 6.07 Å². The fraction of sp³-hybridized carbons (Fsp3) is 0.545. The molecular formula is C11H15N5O. The van der Waals surface area contributed by atoms with Crippen LogP contribution in [0.5, 0.6) is 0 Å². The van der Waals surface area contributed by atoms with Gasteiger partial charge >= 0.3 is 0 Å². The second-order valence-corrected chi connectivity index (χ2v) is 4.07. The Morgan fingerprint density at radius 2 is 2.47 bits per heavy atom. The van der Waals surface area contributed by atoms with Gasteiger partial charge < -0.3 is 10.5 Å². The van der Waals surface area contributed by atoms with Gasteiger partial charge in [-0.1, -0.05) is 0 Å². The largest absolute Gasteiger partial charge is 0.384 e. The summed E-state index contributed by atoms with van der Waals surface area (Å²) in [6.45, 7) is 4.44. The lowest BCUT2D eigenvalue weighted by Crippen LogP contribution is -2.41. The van der Waals surface area contributed by atoms with Crippen molar-refractivity contribution >= 4 is 5.82 Å². The molecule has 1 atom stereocenters. The molecule has 1 aliphatic rings. The SMILES string of the molecule is Cc1cc(N)nc(CN2CCOC(C#N)C2)n1. The van der Waals surface area contributed by atoms with Crippen LogP contribution in [0.1, 0.15) is 11.5 Å². The molecule has 0 saturated carbocycles. The summed E-state index contributed by atoms with van der Waals surface area (Å²) in [5, 5.41) is 8.81. The van der Waals surface area contributed by atoms with Crippen LogP contribution in [0.4, 0.5) is 5.82 Å². The standard InChI is InChI=1S/C11H15N5O/c1-8-4-10(13)15-11(14-8)7-16-2-3-17-9(5-12)6-16/h4,9H,2-3,6-7H2,1H3,(H2,13,14,15). The molecule has 0 spiro atoms. The van der Waals surface area contributed by atoms with Gasteiger partial charge in [0.2, 0.25) is 0 Å². The van der Waals surface area contributed by atoms with E-state index in [1.54, 1.807) is 6.07 Å². The van der Waals surface area contributed by atoms with E-state index in [9.17, 15) is 0 Å². The maximum absolute atomic E-state index is 8.81. The number of aromatic nitrogens is 2. The van der Waals surface area contributed by atoms with Crippen molar-refractivity contribution in [1.82, 2.24) is 14.9 Å². The average Bonchev–Trinajstić information content (AvgIpc) is 2.28. The Bertz CT molecular complexity index is 422. The molecule has 1 unspecified atom stereocenters. The van der Waals surface area contributed by atoms with Crippen molar-refractivity contribution in [1.29, 1.82) is 5.26 Å². The monoisotopic (exact) mass is 233 g/mol. The van der Waals surface area contributed by atoms with Crippen LogP contribution in [0.3, 0.4) is 0 Å². The normalized spacial score (nSPS) is 21.1. The number of hydrogen-bond acceptors (Lipinski definition) is 6. The number of hydrogen-bond donors (Lipinski definition) is 1. The Morgan fingerprint density at radius 1 is 1.65 bits per heavy atom. The molecule has 1 fully saturated rings. The summed E-state index contributed by atoms with van der Waals surface area (Å²) in [7, 11) is 0. The summed E-state index contributed by atoms with van der Waals surface area (Å²) in [5.74, 6) is 1.18. The van der Waals surface area contributed by atoms with Gasteiger partial charge in [-0.15, -0.1) is 0 Å². The molecule has 2 heterocycles. The van der Waals surface area contributed by atoms with Crippen LogP contribution in [0.25, 0.3) is 0 Å². The minimum atomic E-state index is -0.356. The van der Waals surface area contributed by atoms with E-state index in [-0.39, 0.29) is 6.10 Å². The van der Waals surface area contributed by atoms with Gasteiger partial charge in [0.1, 0.15) is 11.6 Å². The quantitative estimate of drug-likeness (QED) is 0.779. The van der Waals surface area contributed by atoms with Crippen LogP contribution < -0.4 is 5.73 Å². The number of aryl methyl sites for hydroxylation is 1. The van der Waals surface area contributed by atoms with Crippen molar-refractivity contribution in [2.45, 2.75) is 19.6 Å². The molecule has 6 nitrogen and oxygen atoms in total. The van der Waals surface area contributed by atoms with Gasteiger partial charge in [-0.05, 0) is 6.92 Å². The van der Waals surface area contributed by atoms with E-state index < -0.39 is 0 Å². The van der Waals surface area contributed by atoms with Gasteiger partial charge in [-0.25, -0.2) is 9.97 Å². The molecule has 0 aliphatic carbocycles. The van der Waals surface area contributed by atoms with E-state index in [2.05, 4.69) is 20.9 Å². The first-order valence-corrected chi connectivity index (χ1v) is 5.51. The van der Waals surface area contributed by atoms with Crippen molar-refractivity contribution in [3.63, 3.8) is 0 Å². The van der Waals surface area contributed by atoms with E-state index in [4.69, 9.17) is 15.7 Å². The van der Waals surface area contributed by atoms with Gasteiger partial charge in [0.15, 0.2) is 6.10 Å². The van der Waals surface area contributed by atoms with Crippen molar-refractivity contribution < 1.29 is 4.74 Å². The first-order chi connectivity index (χ1) is 8.17. The number of morpholine rings is 1. The molecule has 0 amide bonds. The number of anilines is 1. The third kappa shape index (κ3) is 3.12. The molecule has 90 valence electrons. The van der Waals surface area contributed by atoms with Crippen molar-refractivity contribution in [3.05, 3.63) is 17.6 Å². The third-order valence-corrected chi connectivity index (χ3v) is 2.58. The fourth-order valence-electron chi connectivity index (χ4n) is 1.85. The zero-order valence-corrected chi connectivity index (χ0v) is 9.76. The molecule has 2 rings (SSSR count). The third-order valence-electron chi connectivity index (χ3n) is 2.58. The molecule has 1 saturated heterocycles. The Kier molecular flexibility index (Phi) is 3.52. The van der Waals surface area contributed by atoms with Crippen LogP contribution in [0, 0.1) is 18.3 Å². The predicted octanol–water partition coefficient (Wildman–Crippen LogP) is 0.0916. The molecule has 1 aromatic rings. The average molecular weight is 233 g/mol. The molecule has 0 aromatic carbocycles. The number of nitrogens with two attached hydrogens (primary N) is 1. The second-order valence-electron chi connectivity index (χ2n) is 4.07. The van der Waals surface area contributed by atoms with E-state index in [0.717, 1.165) is 12.2 Å². The van der Waals surface area contributed by atoms with Crippen molar-refractivity contribution in [2.75, 3.05) is 25.4 Å². The number of ether oxygens (including phenoxy) is 1. The lowest BCUT2D eigenvalue weighted by atomic mass is 10.3. The molecule has 1 aliphatic heterocycles. The lowest BCUT2D eigenvalue weighted by molar-refractivity contribution is -0.00358. The Balaban J connectivity index is 2.03. The molecule has 1 aromatic heterocycles. The highest BCUT2D eigenvalue weighted by atomic mass is 16.5. The van der Waals surface area contributed by atoms with Crippen LogP contribution in [0.15, 0.2) is 6.07 Å². The van der Waals surface area contributed by atoms with E-state index in [1.807, 2.05) is 6.92 Å². The Hall–Kier alpha value is -1.71. The first kappa shape index (κ1) is 11.8. The summed E-state index contributed by atoms with van der Waals surface area (Å²) < 4.78 is 5.27. The maximum atomic E-state index is 8.81. The summed E-state index contributed by atoms with van der Waals surface area (Å²) in [6, 6.07) is 3.85. The summed E-state index contributed by atoms with van der Waals surface area (Å²) >= 11 is 0. The molecular weight excluding hydrogens is 218 g/mol. The second kappa shape index (κ2) is 5.08. The van der Waals surface area contributed by atoms with Crippen LogP contribution >= 0.6 is 0 Å². The minimum Gasteiger partial charge on any atom is -0.384 e. The summed E-state index contributed by atoms with van der Waals surface area (Å²) in [6.07, 6.45) is -0.356. The Labute approximate surface area is 100 Å². The predicted molar refractivity (Wildman–Crippen MR) is 61.8 cm³/mol. The van der Waals surface area contributed by atoms with E-state index in [1.165, 1.54) is 0 Å². The lowest BCUT2D eigenvalue weighted by Gasteiger charge is -2.28. The van der Waals surface area contributed by atoms with Crippen LogP contribution in [-0.2, 0) is 11.3 Å². The smallest absolute Gasteiger partial charge is 0.156 e. The molecule has 17 heavy (non-hydrogen) atoms. The molecule has 6 heteroatoms. The highest BCUT2D eigenvalue weighted by Gasteiger charge is 2.20. The molecule has 0 radical (unpaired) electrons. The highest BCUT2D eigenvalue weighted by molar-refractivity contribution is 5.29. The van der Waals surface area contributed by atoms with Gasteiger partial charge in [0.25, 0.3) is 0 Å². The van der Waals surface area contributed by atoms with Gasteiger partial charge in [-0.3, -0.25) is 4.90 Å². The van der Waals surface area contributed by atoms with Gasteiger partial charge in [0, 0.05) is 24.8 Å². The summed E-state index contributed by atoms with van der Waals surface area (Å²) in [5.41, 5.74) is 6.53. The first-order valence-electron chi connectivity index (χ1n) is 5.51. The summed E-state index contributed by atoms with van der Waals surface area (Å²) in [4.78, 5) is 10.6. The molecule has 0 bridgehead atoms.